The SMILES string of the molecule is CCc1ccsc1C(=O)N1CCCCCC1CBr. The van der Waals surface area contributed by atoms with Crippen molar-refractivity contribution in [1.82, 2.24) is 4.90 Å². The van der Waals surface area contributed by atoms with Gasteiger partial charge in [-0.1, -0.05) is 35.7 Å². The zero-order valence-electron chi connectivity index (χ0n) is 10.8. The molecule has 1 fully saturated rings. The Morgan fingerprint density at radius 1 is 1.50 bits per heavy atom. The minimum atomic E-state index is 0.244. The molecule has 0 bridgehead atoms. The Morgan fingerprint density at radius 2 is 2.33 bits per heavy atom. The number of aryl methyl sites for hydroxylation is 1. The van der Waals surface area contributed by atoms with Crippen LogP contribution in [-0.2, 0) is 6.42 Å². The molecule has 4 heteroatoms. The number of nitrogens with zero attached hydrogens (tertiary/aromatic N) is 1. The minimum Gasteiger partial charge on any atom is -0.334 e. The zero-order valence-corrected chi connectivity index (χ0v) is 13.2. The van der Waals surface area contributed by atoms with Crippen molar-refractivity contribution >= 4 is 33.2 Å². The van der Waals surface area contributed by atoms with E-state index in [4.69, 9.17) is 0 Å². The predicted molar refractivity (Wildman–Crippen MR) is 80.8 cm³/mol. The van der Waals surface area contributed by atoms with Crippen LogP contribution in [0.3, 0.4) is 0 Å². The van der Waals surface area contributed by atoms with Crippen molar-refractivity contribution in [1.29, 1.82) is 0 Å². The molecule has 2 heterocycles. The van der Waals surface area contributed by atoms with Crippen LogP contribution in [0.5, 0.6) is 0 Å². The first kappa shape index (κ1) is 14.1. The third kappa shape index (κ3) is 2.97. The van der Waals surface area contributed by atoms with Gasteiger partial charge in [0.2, 0.25) is 0 Å². The Hall–Kier alpha value is -0.350. The summed E-state index contributed by atoms with van der Waals surface area (Å²) >= 11 is 5.15. The highest BCUT2D eigenvalue weighted by atomic mass is 79.9. The van der Waals surface area contributed by atoms with Crippen LogP contribution < -0.4 is 0 Å². The molecule has 18 heavy (non-hydrogen) atoms. The van der Waals surface area contributed by atoms with E-state index >= 15 is 0 Å². The van der Waals surface area contributed by atoms with E-state index in [1.807, 2.05) is 5.38 Å². The number of carbonyl (C=O) groups is 1. The lowest BCUT2D eigenvalue weighted by Crippen LogP contribution is -2.41. The molecule has 1 aromatic heterocycles. The van der Waals surface area contributed by atoms with E-state index < -0.39 is 0 Å². The number of carbonyl (C=O) groups excluding carboxylic acids is 1. The average Bonchev–Trinajstić information content (AvgIpc) is 2.74. The highest BCUT2D eigenvalue weighted by molar-refractivity contribution is 9.09. The van der Waals surface area contributed by atoms with Crippen LogP contribution in [0.4, 0.5) is 0 Å². The van der Waals surface area contributed by atoms with Gasteiger partial charge < -0.3 is 4.90 Å². The number of likely N-dealkylation sites (tertiary alicyclic amines) is 1. The van der Waals surface area contributed by atoms with Crippen LogP contribution in [0.1, 0.15) is 47.8 Å². The minimum absolute atomic E-state index is 0.244. The molecule has 0 spiro atoms. The van der Waals surface area contributed by atoms with E-state index in [1.165, 1.54) is 18.4 Å². The fraction of sp³-hybridized carbons (Fsp3) is 0.643. The smallest absolute Gasteiger partial charge is 0.264 e. The van der Waals surface area contributed by atoms with Crippen molar-refractivity contribution in [3.63, 3.8) is 0 Å². The molecular weight excluding hydrogens is 310 g/mol. The second kappa shape index (κ2) is 6.71. The largest absolute Gasteiger partial charge is 0.334 e. The lowest BCUT2D eigenvalue weighted by Gasteiger charge is -2.28. The number of amides is 1. The van der Waals surface area contributed by atoms with Gasteiger partial charge in [0.25, 0.3) is 5.91 Å². The molecule has 0 saturated carbocycles. The average molecular weight is 330 g/mol. The second-order valence-electron chi connectivity index (χ2n) is 4.78. The van der Waals surface area contributed by atoms with E-state index in [0.29, 0.717) is 6.04 Å². The van der Waals surface area contributed by atoms with Crippen LogP contribution in [0, 0.1) is 0 Å². The molecule has 2 rings (SSSR count). The summed E-state index contributed by atoms with van der Waals surface area (Å²) in [6.07, 6.45) is 5.70. The van der Waals surface area contributed by atoms with Gasteiger partial charge in [-0.2, -0.15) is 0 Å². The Morgan fingerprint density at radius 3 is 3.06 bits per heavy atom. The van der Waals surface area contributed by atoms with Crippen molar-refractivity contribution in [2.24, 2.45) is 0 Å². The van der Waals surface area contributed by atoms with Crippen LogP contribution in [-0.4, -0.2) is 28.7 Å². The fourth-order valence-corrected chi connectivity index (χ4v) is 4.16. The molecule has 2 nitrogen and oxygen atoms in total. The van der Waals surface area contributed by atoms with Crippen LogP contribution in [0.15, 0.2) is 11.4 Å². The topological polar surface area (TPSA) is 20.3 Å². The molecule has 0 aliphatic carbocycles. The summed E-state index contributed by atoms with van der Waals surface area (Å²) in [5.41, 5.74) is 1.20. The summed E-state index contributed by atoms with van der Waals surface area (Å²) in [5, 5.41) is 2.93. The molecule has 1 amide bonds. The summed E-state index contributed by atoms with van der Waals surface area (Å²) in [5.74, 6) is 0.244. The first-order valence-electron chi connectivity index (χ1n) is 6.71. The first-order valence-corrected chi connectivity index (χ1v) is 8.71. The molecule has 0 aromatic carbocycles. The summed E-state index contributed by atoms with van der Waals surface area (Å²) < 4.78 is 0. The molecule has 1 aromatic rings. The van der Waals surface area contributed by atoms with Gasteiger partial charge in [0.15, 0.2) is 0 Å². The Kier molecular flexibility index (Phi) is 5.25. The summed E-state index contributed by atoms with van der Waals surface area (Å²) in [6.45, 7) is 3.03. The van der Waals surface area contributed by atoms with E-state index in [0.717, 1.165) is 36.0 Å². The lowest BCUT2D eigenvalue weighted by atomic mass is 10.1. The fourth-order valence-electron chi connectivity index (χ4n) is 2.54. The predicted octanol–water partition coefficient (Wildman–Crippen LogP) is 4.09. The first-order chi connectivity index (χ1) is 8.77. The van der Waals surface area contributed by atoms with Gasteiger partial charge in [-0.3, -0.25) is 4.79 Å². The maximum Gasteiger partial charge on any atom is 0.264 e. The monoisotopic (exact) mass is 329 g/mol. The van der Waals surface area contributed by atoms with Gasteiger partial charge in [0.05, 0.1) is 4.88 Å². The van der Waals surface area contributed by atoms with Gasteiger partial charge in [-0.15, -0.1) is 11.3 Å². The van der Waals surface area contributed by atoms with Gasteiger partial charge in [0, 0.05) is 17.9 Å². The quantitative estimate of drug-likeness (QED) is 0.765. The third-order valence-electron chi connectivity index (χ3n) is 3.64. The molecule has 0 N–H and O–H groups in total. The number of hydrogen-bond acceptors (Lipinski definition) is 2. The molecule has 1 atom stereocenters. The Labute approximate surface area is 122 Å². The van der Waals surface area contributed by atoms with Gasteiger partial charge in [-0.25, -0.2) is 0 Å². The molecule has 1 aliphatic heterocycles. The van der Waals surface area contributed by atoms with Crippen LogP contribution in [0.25, 0.3) is 0 Å². The molecule has 1 unspecified atom stereocenters. The molecule has 100 valence electrons. The van der Waals surface area contributed by atoms with Gasteiger partial charge in [0.1, 0.15) is 0 Å². The summed E-state index contributed by atoms with van der Waals surface area (Å²) in [6, 6.07) is 2.45. The zero-order chi connectivity index (χ0) is 13.0. The number of alkyl halides is 1. The van der Waals surface area contributed by atoms with Crippen molar-refractivity contribution in [3.8, 4) is 0 Å². The maximum absolute atomic E-state index is 12.7. The normalized spacial score (nSPS) is 20.8. The van der Waals surface area contributed by atoms with Crippen molar-refractivity contribution < 1.29 is 4.79 Å². The van der Waals surface area contributed by atoms with Gasteiger partial charge >= 0.3 is 0 Å². The number of thiophene rings is 1. The number of rotatable bonds is 3. The molecule has 0 radical (unpaired) electrons. The Balaban J connectivity index is 2.20. The highest BCUT2D eigenvalue weighted by Gasteiger charge is 2.27. The van der Waals surface area contributed by atoms with E-state index in [2.05, 4.69) is 33.8 Å². The number of hydrogen-bond donors (Lipinski definition) is 0. The van der Waals surface area contributed by atoms with Crippen molar-refractivity contribution in [2.75, 3.05) is 11.9 Å². The lowest BCUT2D eigenvalue weighted by molar-refractivity contribution is 0.0706. The summed E-state index contributed by atoms with van der Waals surface area (Å²) in [4.78, 5) is 15.7. The molecule has 1 saturated heterocycles. The highest BCUT2D eigenvalue weighted by Crippen LogP contribution is 2.25. The molecular formula is C14H20BrNOS. The molecule has 1 aliphatic rings. The maximum atomic E-state index is 12.7. The van der Waals surface area contributed by atoms with Crippen LogP contribution in [0.2, 0.25) is 0 Å². The number of halogens is 1. The van der Waals surface area contributed by atoms with Crippen LogP contribution >= 0.6 is 27.3 Å². The van der Waals surface area contributed by atoms with E-state index in [1.54, 1.807) is 11.3 Å². The van der Waals surface area contributed by atoms with Crippen molar-refractivity contribution in [2.45, 2.75) is 45.1 Å². The summed E-state index contributed by atoms with van der Waals surface area (Å²) in [7, 11) is 0. The van der Waals surface area contributed by atoms with Crippen molar-refractivity contribution in [3.05, 3.63) is 21.9 Å². The van der Waals surface area contributed by atoms with Gasteiger partial charge in [-0.05, 0) is 36.3 Å². The third-order valence-corrected chi connectivity index (χ3v) is 5.33. The van der Waals surface area contributed by atoms with E-state index in [-0.39, 0.29) is 5.91 Å². The second-order valence-corrected chi connectivity index (χ2v) is 6.35. The standard InChI is InChI=1S/C14H20BrNOS/c1-2-11-7-9-18-13(11)14(17)16-8-5-3-4-6-12(16)10-15/h7,9,12H,2-6,8,10H2,1H3. The van der Waals surface area contributed by atoms with E-state index in [9.17, 15) is 4.79 Å². The Bertz CT molecular complexity index is 404.